The van der Waals surface area contributed by atoms with Crippen LogP contribution in [0.1, 0.15) is 46.0 Å². The number of halogens is 2. The van der Waals surface area contributed by atoms with E-state index in [1.54, 1.807) is 18.2 Å². The van der Waals surface area contributed by atoms with Gasteiger partial charge in [-0.25, -0.2) is 8.78 Å². The second-order valence-electron chi connectivity index (χ2n) is 9.32. The zero-order valence-electron chi connectivity index (χ0n) is 19.9. The second kappa shape index (κ2) is 10.1. The standard InChI is InChI=1S/C31H25F2NO3/c32-26-12-6-22(7-13-26)29(36)17-16-28-30(37)34-31(28,25-10-14-27(33)15-11-25)24-8-4-21(5-9-24)23-3-1-2-20(18-23)19-35/h1-15,18-19,28-29,36H,16-17H2,(H,34,37)/t28-,29-,31-/m0/s1. The van der Waals surface area contributed by atoms with Crippen LogP contribution in [0.25, 0.3) is 11.1 Å². The van der Waals surface area contributed by atoms with Crippen LogP contribution in [0.5, 0.6) is 0 Å². The fourth-order valence-electron chi connectivity index (χ4n) is 5.15. The van der Waals surface area contributed by atoms with Crippen LogP contribution in [0.4, 0.5) is 8.78 Å². The number of aliphatic hydroxyl groups is 1. The van der Waals surface area contributed by atoms with Crippen molar-refractivity contribution in [1.29, 1.82) is 0 Å². The molecule has 0 unspecified atom stereocenters. The van der Waals surface area contributed by atoms with Crippen LogP contribution in [0, 0.1) is 17.6 Å². The van der Waals surface area contributed by atoms with Gasteiger partial charge in [-0.05, 0) is 71.0 Å². The van der Waals surface area contributed by atoms with Crippen molar-refractivity contribution in [2.24, 2.45) is 5.92 Å². The van der Waals surface area contributed by atoms with Crippen molar-refractivity contribution in [3.8, 4) is 11.1 Å². The van der Waals surface area contributed by atoms with Crippen LogP contribution in [-0.2, 0) is 10.3 Å². The van der Waals surface area contributed by atoms with Gasteiger partial charge in [0.25, 0.3) is 0 Å². The van der Waals surface area contributed by atoms with Crippen molar-refractivity contribution in [2.45, 2.75) is 24.5 Å². The maximum Gasteiger partial charge on any atom is 0.227 e. The molecule has 4 aromatic rings. The van der Waals surface area contributed by atoms with Gasteiger partial charge in [0.15, 0.2) is 0 Å². The maximum absolute atomic E-state index is 13.8. The minimum atomic E-state index is -0.892. The summed E-state index contributed by atoms with van der Waals surface area (Å²) in [5.41, 5.74) is 3.64. The fourth-order valence-corrected chi connectivity index (χ4v) is 5.15. The van der Waals surface area contributed by atoms with Gasteiger partial charge in [-0.1, -0.05) is 66.7 Å². The number of benzene rings is 4. The van der Waals surface area contributed by atoms with E-state index in [2.05, 4.69) is 5.32 Å². The molecule has 1 saturated heterocycles. The molecule has 1 aliphatic heterocycles. The minimum Gasteiger partial charge on any atom is -0.388 e. The van der Waals surface area contributed by atoms with E-state index < -0.39 is 17.6 Å². The topological polar surface area (TPSA) is 66.4 Å². The van der Waals surface area contributed by atoms with E-state index >= 15 is 0 Å². The van der Waals surface area contributed by atoms with E-state index in [9.17, 15) is 23.5 Å². The van der Waals surface area contributed by atoms with Crippen molar-refractivity contribution in [1.82, 2.24) is 5.32 Å². The second-order valence-corrected chi connectivity index (χ2v) is 9.32. The van der Waals surface area contributed by atoms with E-state index in [1.165, 1.54) is 36.4 Å². The Morgan fingerprint density at radius 3 is 2.03 bits per heavy atom. The molecule has 1 fully saturated rings. The number of hydrogen-bond donors (Lipinski definition) is 2. The molecule has 2 N–H and O–H groups in total. The van der Waals surface area contributed by atoms with Crippen molar-refractivity contribution in [3.05, 3.63) is 131 Å². The SMILES string of the molecule is O=Cc1cccc(-c2ccc([C@@]3(c4ccc(F)cc4)NC(=O)[C@@H]3CC[C@H](O)c3ccc(F)cc3)cc2)c1. The Labute approximate surface area is 213 Å². The summed E-state index contributed by atoms with van der Waals surface area (Å²) in [5, 5.41) is 13.8. The molecule has 37 heavy (non-hydrogen) atoms. The zero-order valence-corrected chi connectivity index (χ0v) is 19.9. The van der Waals surface area contributed by atoms with Gasteiger partial charge in [0.05, 0.1) is 12.0 Å². The maximum atomic E-state index is 13.8. The van der Waals surface area contributed by atoms with Gasteiger partial charge in [-0.3, -0.25) is 9.59 Å². The van der Waals surface area contributed by atoms with E-state index in [0.29, 0.717) is 24.0 Å². The first-order valence-electron chi connectivity index (χ1n) is 12.1. The Bertz CT molecular complexity index is 1420. The molecular weight excluding hydrogens is 472 g/mol. The third kappa shape index (κ3) is 4.68. The highest BCUT2D eigenvalue weighted by molar-refractivity contribution is 5.90. The van der Waals surface area contributed by atoms with Gasteiger partial charge >= 0.3 is 0 Å². The molecule has 0 saturated carbocycles. The molecule has 0 aliphatic carbocycles. The first-order valence-corrected chi connectivity index (χ1v) is 12.1. The lowest BCUT2D eigenvalue weighted by atomic mass is 9.64. The normalized spacial score (nSPS) is 19.5. The van der Waals surface area contributed by atoms with E-state index in [4.69, 9.17) is 0 Å². The molecule has 3 atom stereocenters. The van der Waals surface area contributed by atoms with Gasteiger partial charge in [-0.2, -0.15) is 0 Å². The molecular formula is C31H25F2NO3. The van der Waals surface area contributed by atoms with E-state index in [-0.39, 0.29) is 17.5 Å². The molecule has 0 radical (unpaired) electrons. The summed E-state index contributed by atoms with van der Waals surface area (Å²) < 4.78 is 27.1. The zero-order chi connectivity index (χ0) is 26.0. The number of hydrogen-bond acceptors (Lipinski definition) is 3. The van der Waals surface area contributed by atoms with Gasteiger partial charge in [0.2, 0.25) is 5.91 Å². The molecule has 0 bridgehead atoms. The third-order valence-corrected chi connectivity index (χ3v) is 7.14. The third-order valence-electron chi connectivity index (χ3n) is 7.14. The van der Waals surface area contributed by atoms with Gasteiger partial charge < -0.3 is 10.4 Å². The van der Waals surface area contributed by atoms with Crippen molar-refractivity contribution < 1.29 is 23.5 Å². The van der Waals surface area contributed by atoms with Crippen LogP contribution in [0.15, 0.2) is 97.1 Å². The molecule has 1 amide bonds. The Balaban J connectivity index is 1.47. The summed E-state index contributed by atoms with van der Waals surface area (Å²) in [6, 6.07) is 26.7. The largest absolute Gasteiger partial charge is 0.388 e. The Morgan fingerprint density at radius 2 is 1.43 bits per heavy atom. The molecule has 0 spiro atoms. The Kier molecular flexibility index (Phi) is 6.68. The predicted molar refractivity (Wildman–Crippen MR) is 137 cm³/mol. The van der Waals surface area contributed by atoms with Crippen LogP contribution in [0.2, 0.25) is 0 Å². The van der Waals surface area contributed by atoms with Gasteiger partial charge in [0.1, 0.15) is 23.5 Å². The average Bonchev–Trinajstić information content (AvgIpc) is 2.92. The number of nitrogens with one attached hydrogen (secondary N) is 1. The number of carbonyl (C=O) groups is 2. The lowest BCUT2D eigenvalue weighted by Gasteiger charge is -2.50. The minimum absolute atomic E-state index is 0.154. The quantitative estimate of drug-likeness (QED) is 0.234. The summed E-state index contributed by atoms with van der Waals surface area (Å²) in [6.07, 6.45) is 0.608. The van der Waals surface area contributed by atoms with Gasteiger partial charge in [-0.15, -0.1) is 0 Å². The smallest absolute Gasteiger partial charge is 0.227 e. The van der Waals surface area contributed by atoms with Crippen molar-refractivity contribution in [3.63, 3.8) is 0 Å². The first kappa shape index (κ1) is 24.5. The first-order chi connectivity index (χ1) is 17.9. The number of amides is 1. The van der Waals surface area contributed by atoms with Gasteiger partial charge in [0, 0.05) is 5.56 Å². The number of aldehydes is 1. The molecule has 0 aromatic heterocycles. The lowest BCUT2D eigenvalue weighted by molar-refractivity contribution is -0.140. The average molecular weight is 498 g/mol. The van der Waals surface area contributed by atoms with E-state index in [0.717, 1.165) is 28.5 Å². The van der Waals surface area contributed by atoms with Crippen LogP contribution in [0.3, 0.4) is 0 Å². The number of carbonyl (C=O) groups excluding carboxylic acids is 2. The number of rotatable bonds is 8. The lowest BCUT2D eigenvalue weighted by Crippen LogP contribution is -2.67. The Hall–Kier alpha value is -4.16. The summed E-state index contributed by atoms with van der Waals surface area (Å²) in [6.45, 7) is 0. The monoisotopic (exact) mass is 497 g/mol. The molecule has 5 rings (SSSR count). The van der Waals surface area contributed by atoms with Crippen LogP contribution in [-0.4, -0.2) is 17.3 Å². The molecule has 4 aromatic carbocycles. The van der Waals surface area contributed by atoms with Crippen molar-refractivity contribution >= 4 is 12.2 Å². The number of β-lactam (4-membered cyclic amide) rings is 1. The Morgan fingerprint density at radius 1 is 0.838 bits per heavy atom. The fraction of sp³-hybridized carbons (Fsp3) is 0.161. The van der Waals surface area contributed by atoms with E-state index in [1.807, 2.05) is 42.5 Å². The highest BCUT2D eigenvalue weighted by atomic mass is 19.1. The van der Waals surface area contributed by atoms with Crippen LogP contribution < -0.4 is 5.32 Å². The van der Waals surface area contributed by atoms with Crippen molar-refractivity contribution in [2.75, 3.05) is 0 Å². The summed E-state index contributed by atoms with van der Waals surface area (Å²) >= 11 is 0. The number of aliphatic hydroxyl groups excluding tert-OH is 1. The molecule has 1 heterocycles. The predicted octanol–water partition coefficient (Wildman–Crippen LogP) is 5.95. The summed E-state index contributed by atoms with van der Waals surface area (Å²) in [5.74, 6) is -1.42. The molecule has 186 valence electrons. The highest BCUT2D eigenvalue weighted by Crippen LogP contribution is 2.47. The molecule has 1 aliphatic rings. The summed E-state index contributed by atoms with van der Waals surface area (Å²) in [4.78, 5) is 24.0. The highest BCUT2D eigenvalue weighted by Gasteiger charge is 2.55. The molecule has 6 heteroatoms. The summed E-state index contributed by atoms with van der Waals surface area (Å²) in [7, 11) is 0. The van der Waals surface area contributed by atoms with Crippen LogP contribution >= 0.6 is 0 Å². The molecule has 4 nitrogen and oxygen atoms in total.